The molecule has 1 aromatic rings. The Kier molecular flexibility index (Phi) is 6.57. The third kappa shape index (κ3) is 4.94. The van der Waals surface area contributed by atoms with Crippen LogP contribution in [0.2, 0.25) is 0 Å². The van der Waals surface area contributed by atoms with Crippen molar-refractivity contribution in [2.45, 2.75) is 44.9 Å². The zero-order chi connectivity index (χ0) is 17.5. The monoisotopic (exact) mass is 337 g/mol. The molecule has 2 heterocycles. The van der Waals surface area contributed by atoms with E-state index in [0.717, 1.165) is 25.7 Å². The van der Waals surface area contributed by atoms with E-state index in [9.17, 15) is 9.59 Å². The van der Waals surface area contributed by atoms with Crippen molar-refractivity contribution in [2.75, 3.05) is 33.7 Å². The van der Waals surface area contributed by atoms with Crippen molar-refractivity contribution in [1.82, 2.24) is 25.3 Å². The number of carbonyl (C=O) groups excluding carboxylic acids is 2. The Labute approximate surface area is 142 Å². The predicted molar refractivity (Wildman–Crippen MR) is 88.6 cm³/mol. The van der Waals surface area contributed by atoms with Crippen molar-refractivity contribution < 1.29 is 14.1 Å². The third-order valence-electron chi connectivity index (χ3n) is 4.15. The summed E-state index contributed by atoms with van der Waals surface area (Å²) in [6.45, 7) is 4.11. The molecule has 2 rings (SSSR count). The molecule has 8 nitrogen and oxygen atoms in total. The van der Waals surface area contributed by atoms with E-state index in [0.29, 0.717) is 31.3 Å². The van der Waals surface area contributed by atoms with E-state index < -0.39 is 0 Å². The van der Waals surface area contributed by atoms with Crippen LogP contribution in [-0.4, -0.2) is 65.6 Å². The van der Waals surface area contributed by atoms with Crippen molar-refractivity contribution in [3.63, 3.8) is 0 Å². The summed E-state index contributed by atoms with van der Waals surface area (Å²) >= 11 is 0. The highest BCUT2D eigenvalue weighted by molar-refractivity contribution is 5.77. The number of nitrogens with one attached hydrogen (secondary N) is 1. The number of rotatable bonds is 6. The van der Waals surface area contributed by atoms with Crippen LogP contribution in [0.4, 0.5) is 4.79 Å². The summed E-state index contributed by atoms with van der Waals surface area (Å²) in [7, 11) is 3.51. The average Bonchev–Trinajstić information content (AvgIpc) is 3.03. The molecule has 0 aromatic carbocycles. The van der Waals surface area contributed by atoms with Crippen LogP contribution in [0.25, 0.3) is 0 Å². The van der Waals surface area contributed by atoms with Gasteiger partial charge in [-0.15, -0.1) is 0 Å². The molecule has 0 atom stereocenters. The maximum Gasteiger partial charge on any atom is 0.319 e. The lowest BCUT2D eigenvalue weighted by molar-refractivity contribution is -0.120. The van der Waals surface area contributed by atoms with Crippen LogP contribution in [0.5, 0.6) is 0 Å². The molecule has 0 bridgehead atoms. The Bertz CT molecular complexity index is 550. The number of hydrogen-bond acceptors (Lipinski definition) is 5. The minimum Gasteiger partial charge on any atom is -0.356 e. The van der Waals surface area contributed by atoms with Gasteiger partial charge in [-0.1, -0.05) is 18.5 Å². The molecule has 1 aliphatic rings. The molecule has 24 heavy (non-hydrogen) atoms. The number of hydrogen-bond donors (Lipinski definition) is 1. The summed E-state index contributed by atoms with van der Waals surface area (Å²) in [4.78, 5) is 31.5. The number of likely N-dealkylation sites (tertiary alicyclic amines) is 1. The lowest BCUT2D eigenvalue weighted by atomic mass is 9.97. The number of carbonyl (C=O) groups is 2. The molecule has 8 heteroatoms. The van der Waals surface area contributed by atoms with Crippen molar-refractivity contribution in [3.05, 3.63) is 11.7 Å². The van der Waals surface area contributed by atoms with E-state index in [1.54, 1.807) is 19.0 Å². The molecular formula is C16H27N5O3. The van der Waals surface area contributed by atoms with Gasteiger partial charge in [0.1, 0.15) is 0 Å². The maximum absolute atomic E-state index is 11.9. The van der Waals surface area contributed by atoms with E-state index >= 15 is 0 Å². The molecule has 1 aliphatic heterocycles. The number of nitrogens with zero attached hydrogens (tertiary/aromatic N) is 4. The summed E-state index contributed by atoms with van der Waals surface area (Å²) in [6.07, 6.45) is 3.74. The fourth-order valence-corrected chi connectivity index (χ4v) is 2.72. The second-order valence-corrected chi connectivity index (χ2v) is 6.37. The molecule has 1 fully saturated rings. The number of aromatic nitrogens is 2. The highest BCUT2D eigenvalue weighted by Crippen LogP contribution is 2.27. The highest BCUT2D eigenvalue weighted by atomic mass is 16.5. The Morgan fingerprint density at radius 2 is 2.04 bits per heavy atom. The fourth-order valence-electron chi connectivity index (χ4n) is 2.72. The number of piperidine rings is 1. The first-order valence-corrected chi connectivity index (χ1v) is 8.56. The van der Waals surface area contributed by atoms with Crippen LogP contribution in [0.3, 0.4) is 0 Å². The van der Waals surface area contributed by atoms with Gasteiger partial charge < -0.3 is 19.6 Å². The fraction of sp³-hybridized carbons (Fsp3) is 0.750. The van der Waals surface area contributed by atoms with Crippen molar-refractivity contribution >= 4 is 11.9 Å². The zero-order valence-electron chi connectivity index (χ0n) is 14.7. The average molecular weight is 337 g/mol. The van der Waals surface area contributed by atoms with Gasteiger partial charge in [0.25, 0.3) is 0 Å². The van der Waals surface area contributed by atoms with Gasteiger partial charge in [0.15, 0.2) is 5.82 Å². The normalized spacial score (nSPS) is 15.4. The van der Waals surface area contributed by atoms with Gasteiger partial charge in [0, 0.05) is 39.6 Å². The second kappa shape index (κ2) is 8.65. The van der Waals surface area contributed by atoms with Gasteiger partial charge in [0.2, 0.25) is 11.8 Å². The highest BCUT2D eigenvalue weighted by Gasteiger charge is 2.28. The first-order chi connectivity index (χ1) is 11.5. The molecule has 0 unspecified atom stereocenters. The predicted octanol–water partition coefficient (Wildman–Crippen LogP) is 1.39. The summed E-state index contributed by atoms with van der Waals surface area (Å²) < 4.78 is 5.32. The van der Waals surface area contributed by atoms with Gasteiger partial charge in [-0.25, -0.2) is 4.79 Å². The number of unbranched alkanes of at least 4 members (excludes halogenated alkanes) is 1. The van der Waals surface area contributed by atoms with Gasteiger partial charge in [0.05, 0.1) is 6.42 Å². The summed E-state index contributed by atoms with van der Waals surface area (Å²) in [5.74, 6) is 1.07. The lowest BCUT2D eigenvalue weighted by Crippen LogP contribution is -2.43. The van der Waals surface area contributed by atoms with Crippen molar-refractivity contribution in [3.8, 4) is 0 Å². The molecular weight excluding hydrogens is 310 g/mol. The first-order valence-electron chi connectivity index (χ1n) is 8.56. The van der Waals surface area contributed by atoms with Gasteiger partial charge >= 0.3 is 6.03 Å². The standard InChI is InChI=1S/C16H27N5O3/c1-4-5-8-17-14(22)11-13-18-15(24-19-13)12-6-9-21(10-7-12)16(23)20(2)3/h12H,4-11H2,1-3H3,(H,17,22). The molecule has 0 radical (unpaired) electrons. The van der Waals surface area contributed by atoms with E-state index in [2.05, 4.69) is 22.4 Å². The molecule has 0 spiro atoms. The Balaban J connectivity index is 1.81. The first kappa shape index (κ1) is 18.2. The molecule has 134 valence electrons. The van der Waals surface area contributed by atoms with Crippen LogP contribution in [0.15, 0.2) is 4.52 Å². The molecule has 0 aliphatic carbocycles. The number of urea groups is 1. The van der Waals surface area contributed by atoms with Crippen molar-refractivity contribution in [1.29, 1.82) is 0 Å². The Hall–Kier alpha value is -2.12. The summed E-state index contributed by atoms with van der Waals surface area (Å²) in [5, 5.41) is 6.75. The van der Waals surface area contributed by atoms with Crippen LogP contribution in [-0.2, 0) is 11.2 Å². The number of amides is 3. The third-order valence-corrected chi connectivity index (χ3v) is 4.15. The van der Waals surface area contributed by atoms with E-state index in [1.165, 1.54) is 0 Å². The summed E-state index contributed by atoms with van der Waals surface area (Å²) in [5.41, 5.74) is 0. The largest absolute Gasteiger partial charge is 0.356 e. The van der Waals surface area contributed by atoms with E-state index in [-0.39, 0.29) is 24.3 Å². The van der Waals surface area contributed by atoms with Gasteiger partial charge in [-0.2, -0.15) is 4.98 Å². The lowest BCUT2D eigenvalue weighted by Gasteiger charge is -2.32. The second-order valence-electron chi connectivity index (χ2n) is 6.37. The smallest absolute Gasteiger partial charge is 0.319 e. The Morgan fingerprint density at radius 1 is 1.33 bits per heavy atom. The quantitative estimate of drug-likeness (QED) is 0.792. The van der Waals surface area contributed by atoms with Crippen LogP contribution >= 0.6 is 0 Å². The SMILES string of the molecule is CCCCNC(=O)Cc1noc(C2CCN(C(=O)N(C)C)CC2)n1. The molecule has 1 aromatic heterocycles. The summed E-state index contributed by atoms with van der Waals surface area (Å²) in [6, 6.07) is 0.0309. The van der Waals surface area contributed by atoms with E-state index in [4.69, 9.17) is 4.52 Å². The minimum atomic E-state index is -0.0813. The van der Waals surface area contributed by atoms with Crippen LogP contribution < -0.4 is 5.32 Å². The minimum absolute atomic E-state index is 0.0309. The topological polar surface area (TPSA) is 91.6 Å². The van der Waals surface area contributed by atoms with Crippen LogP contribution in [0, 0.1) is 0 Å². The zero-order valence-corrected chi connectivity index (χ0v) is 14.7. The van der Waals surface area contributed by atoms with Crippen LogP contribution in [0.1, 0.15) is 50.2 Å². The molecule has 1 saturated heterocycles. The van der Waals surface area contributed by atoms with Crippen molar-refractivity contribution in [2.24, 2.45) is 0 Å². The van der Waals surface area contributed by atoms with Gasteiger partial charge in [-0.3, -0.25) is 4.79 Å². The van der Waals surface area contributed by atoms with E-state index in [1.807, 2.05) is 4.90 Å². The molecule has 3 amide bonds. The maximum atomic E-state index is 11.9. The molecule has 1 N–H and O–H groups in total. The Morgan fingerprint density at radius 3 is 2.67 bits per heavy atom. The van der Waals surface area contributed by atoms with Gasteiger partial charge in [-0.05, 0) is 19.3 Å². The molecule has 0 saturated carbocycles.